The third-order valence-corrected chi connectivity index (χ3v) is 7.21. The van der Waals surface area contributed by atoms with E-state index in [0.29, 0.717) is 50.8 Å². The summed E-state index contributed by atoms with van der Waals surface area (Å²) in [5.41, 5.74) is 2.34. The molecular formula is C26H34FN7O3. The van der Waals surface area contributed by atoms with Gasteiger partial charge in [-0.25, -0.2) is 19.2 Å². The van der Waals surface area contributed by atoms with Gasteiger partial charge in [-0.1, -0.05) is 0 Å². The highest BCUT2D eigenvalue weighted by Gasteiger charge is 2.35. The van der Waals surface area contributed by atoms with Crippen molar-refractivity contribution in [3.8, 4) is 11.4 Å². The molecule has 10 nitrogen and oxygen atoms in total. The number of ether oxygens (including phenoxy) is 1. The Labute approximate surface area is 216 Å². The molecule has 2 fully saturated rings. The van der Waals surface area contributed by atoms with Gasteiger partial charge in [0.25, 0.3) is 0 Å². The third-order valence-electron chi connectivity index (χ3n) is 7.21. The number of halogens is 1. The lowest BCUT2D eigenvalue weighted by atomic mass is 9.97. The van der Waals surface area contributed by atoms with Crippen LogP contribution in [0.25, 0.3) is 11.4 Å². The summed E-state index contributed by atoms with van der Waals surface area (Å²) in [7, 11) is 0. The molecule has 3 amide bonds. The highest BCUT2D eigenvalue weighted by molar-refractivity contribution is 5.89. The molecule has 0 spiro atoms. The molecular weight excluding hydrogens is 477 g/mol. The van der Waals surface area contributed by atoms with E-state index in [1.54, 1.807) is 13.0 Å². The Bertz CT molecular complexity index is 1170. The summed E-state index contributed by atoms with van der Waals surface area (Å²) in [4.78, 5) is 38.9. The predicted molar refractivity (Wildman–Crippen MR) is 138 cm³/mol. The topological polar surface area (TPSA) is 112 Å². The van der Waals surface area contributed by atoms with Crippen molar-refractivity contribution < 1.29 is 18.7 Å². The first-order valence-corrected chi connectivity index (χ1v) is 13.0. The second kappa shape index (κ2) is 11.0. The summed E-state index contributed by atoms with van der Waals surface area (Å²) in [6.07, 6.45) is 1.68. The first-order chi connectivity index (χ1) is 17.9. The van der Waals surface area contributed by atoms with Crippen LogP contribution in [0.3, 0.4) is 0 Å². The Hall–Kier alpha value is -3.31. The van der Waals surface area contributed by atoms with Crippen molar-refractivity contribution in [2.45, 2.75) is 45.8 Å². The molecule has 2 saturated heterocycles. The first-order valence-electron chi connectivity index (χ1n) is 13.0. The number of anilines is 2. The summed E-state index contributed by atoms with van der Waals surface area (Å²) in [6.45, 7) is 8.76. The molecule has 0 radical (unpaired) electrons. The number of hydrogen-bond acceptors (Lipinski definition) is 7. The van der Waals surface area contributed by atoms with E-state index < -0.39 is 11.8 Å². The van der Waals surface area contributed by atoms with Gasteiger partial charge in [0, 0.05) is 30.1 Å². The van der Waals surface area contributed by atoms with Crippen LogP contribution < -0.4 is 20.9 Å². The average Bonchev–Trinajstić information content (AvgIpc) is 3.34. The first kappa shape index (κ1) is 25.3. The Morgan fingerprint density at radius 2 is 2.03 bits per heavy atom. The quantitative estimate of drug-likeness (QED) is 0.566. The zero-order chi connectivity index (χ0) is 25.9. The van der Waals surface area contributed by atoms with Crippen LogP contribution >= 0.6 is 0 Å². The number of hydrogen-bond donors (Lipinski definition) is 3. The number of urea groups is 1. The molecule has 2 aromatic rings. The van der Waals surface area contributed by atoms with Gasteiger partial charge in [-0.2, -0.15) is 0 Å². The molecule has 4 heterocycles. The van der Waals surface area contributed by atoms with Crippen LogP contribution in [0.4, 0.5) is 20.7 Å². The number of benzene rings is 1. The number of nitrogens with one attached hydrogen (secondary N) is 3. The molecule has 0 aliphatic carbocycles. The summed E-state index contributed by atoms with van der Waals surface area (Å²) >= 11 is 0. The van der Waals surface area contributed by atoms with Crippen LogP contribution in [-0.2, 0) is 22.6 Å². The van der Waals surface area contributed by atoms with Crippen LogP contribution in [0.1, 0.15) is 37.9 Å². The monoisotopic (exact) mass is 511 g/mol. The SMILES string of the molecule is CCNC(=O)Nc1ccc(-c2nc3c(c(N4CCOC[C@@H]4C)n2)CN(C(=O)C2CCNCC2)C3)cc1F. The Morgan fingerprint density at radius 3 is 2.76 bits per heavy atom. The zero-order valence-electron chi connectivity index (χ0n) is 21.3. The van der Waals surface area contributed by atoms with Crippen LogP contribution in [-0.4, -0.2) is 72.2 Å². The normalized spacial score (nSPS) is 20.0. The van der Waals surface area contributed by atoms with Crippen molar-refractivity contribution >= 4 is 23.4 Å². The predicted octanol–water partition coefficient (Wildman–Crippen LogP) is 2.49. The lowest BCUT2D eigenvalue weighted by molar-refractivity contribution is -0.137. The number of nitrogens with zero attached hydrogens (tertiary/aromatic N) is 4. The summed E-state index contributed by atoms with van der Waals surface area (Å²) in [6, 6.07) is 4.19. The van der Waals surface area contributed by atoms with E-state index in [-0.39, 0.29) is 23.6 Å². The summed E-state index contributed by atoms with van der Waals surface area (Å²) in [5.74, 6) is 0.784. The minimum atomic E-state index is -0.572. The standard InChI is InChI=1S/C26H34FN7O3/c1-3-29-26(36)31-21-5-4-18(12-20(21)27)23-30-22-14-33(25(35)17-6-8-28-9-7-17)13-19(22)24(32-23)34-10-11-37-15-16(34)2/h4-5,12,16-17,28H,3,6-11,13-15H2,1-2H3,(H2,29,31,36)/t16-/m0/s1. The number of fused-ring (bicyclic) bond motifs is 1. The Kier molecular flexibility index (Phi) is 7.52. The smallest absolute Gasteiger partial charge is 0.319 e. The van der Waals surface area contributed by atoms with Crippen molar-refractivity contribution in [3.63, 3.8) is 0 Å². The van der Waals surface area contributed by atoms with Crippen molar-refractivity contribution in [1.82, 2.24) is 25.5 Å². The maximum absolute atomic E-state index is 14.9. The van der Waals surface area contributed by atoms with Crippen LogP contribution in [0.15, 0.2) is 18.2 Å². The van der Waals surface area contributed by atoms with Crippen LogP contribution in [0.5, 0.6) is 0 Å². The second-order valence-corrected chi connectivity index (χ2v) is 9.81. The number of carbonyl (C=O) groups is 2. The number of aromatic nitrogens is 2. The Morgan fingerprint density at radius 1 is 1.22 bits per heavy atom. The van der Waals surface area contributed by atoms with Gasteiger partial charge in [-0.3, -0.25) is 4.79 Å². The van der Waals surface area contributed by atoms with E-state index in [2.05, 4.69) is 27.8 Å². The number of amides is 3. The van der Waals surface area contributed by atoms with E-state index in [9.17, 15) is 14.0 Å². The van der Waals surface area contributed by atoms with E-state index >= 15 is 0 Å². The van der Waals surface area contributed by atoms with Gasteiger partial charge >= 0.3 is 6.03 Å². The van der Waals surface area contributed by atoms with Gasteiger partial charge in [0.1, 0.15) is 11.6 Å². The van der Waals surface area contributed by atoms with E-state index in [1.807, 2.05) is 4.90 Å². The molecule has 0 saturated carbocycles. The molecule has 3 N–H and O–H groups in total. The van der Waals surface area contributed by atoms with Crippen molar-refractivity contribution in [2.24, 2.45) is 5.92 Å². The number of rotatable bonds is 5. The van der Waals surface area contributed by atoms with Gasteiger partial charge < -0.3 is 30.5 Å². The molecule has 3 aliphatic rings. The third kappa shape index (κ3) is 5.37. The molecule has 1 aromatic heterocycles. The van der Waals surface area contributed by atoms with Crippen molar-refractivity contribution in [2.75, 3.05) is 49.6 Å². The van der Waals surface area contributed by atoms with E-state index in [0.717, 1.165) is 43.0 Å². The van der Waals surface area contributed by atoms with E-state index in [4.69, 9.17) is 14.7 Å². The number of morpholine rings is 1. The second-order valence-electron chi connectivity index (χ2n) is 9.81. The fourth-order valence-electron chi connectivity index (χ4n) is 5.21. The lowest BCUT2D eigenvalue weighted by Crippen LogP contribution is -2.44. The molecule has 3 aliphatic heterocycles. The van der Waals surface area contributed by atoms with Gasteiger partial charge in [0.05, 0.1) is 43.7 Å². The highest BCUT2D eigenvalue weighted by atomic mass is 19.1. The molecule has 0 unspecified atom stereocenters. The largest absolute Gasteiger partial charge is 0.377 e. The van der Waals surface area contributed by atoms with Crippen LogP contribution in [0.2, 0.25) is 0 Å². The maximum Gasteiger partial charge on any atom is 0.319 e. The number of piperidine rings is 1. The van der Waals surface area contributed by atoms with Crippen molar-refractivity contribution in [3.05, 3.63) is 35.3 Å². The van der Waals surface area contributed by atoms with Crippen molar-refractivity contribution in [1.29, 1.82) is 0 Å². The lowest BCUT2D eigenvalue weighted by Gasteiger charge is -2.35. The Balaban J connectivity index is 1.47. The summed E-state index contributed by atoms with van der Waals surface area (Å²) in [5, 5.41) is 8.42. The molecule has 37 heavy (non-hydrogen) atoms. The van der Waals surface area contributed by atoms with Gasteiger partial charge in [0.2, 0.25) is 5.91 Å². The summed E-state index contributed by atoms with van der Waals surface area (Å²) < 4.78 is 20.6. The fraction of sp³-hybridized carbons (Fsp3) is 0.538. The van der Waals surface area contributed by atoms with Gasteiger partial charge in [-0.05, 0) is 58.0 Å². The van der Waals surface area contributed by atoms with Crippen LogP contribution in [0, 0.1) is 11.7 Å². The molecule has 198 valence electrons. The molecule has 5 rings (SSSR count). The minimum Gasteiger partial charge on any atom is -0.377 e. The minimum absolute atomic E-state index is 0.0211. The molecule has 0 bridgehead atoms. The number of carbonyl (C=O) groups excluding carboxylic acids is 2. The van der Waals surface area contributed by atoms with E-state index in [1.165, 1.54) is 12.1 Å². The molecule has 1 atom stereocenters. The average molecular weight is 512 g/mol. The highest BCUT2D eigenvalue weighted by Crippen LogP contribution is 2.35. The fourth-order valence-corrected chi connectivity index (χ4v) is 5.21. The van der Waals surface area contributed by atoms with Gasteiger partial charge in [-0.15, -0.1) is 0 Å². The zero-order valence-corrected chi connectivity index (χ0v) is 21.3. The maximum atomic E-state index is 14.9. The molecule has 1 aromatic carbocycles. The molecule has 11 heteroatoms. The van der Waals surface area contributed by atoms with Gasteiger partial charge in [0.15, 0.2) is 5.82 Å².